The summed E-state index contributed by atoms with van der Waals surface area (Å²) < 4.78 is 0. The van der Waals surface area contributed by atoms with Crippen LogP contribution in [-0.4, -0.2) is 51.2 Å². The van der Waals surface area contributed by atoms with Crippen LogP contribution in [0.2, 0.25) is 0 Å². The van der Waals surface area contributed by atoms with E-state index in [1.54, 1.807) is 0 Å². The first kappa shape index (κ1) is 133. The van der Waals surface area contributed by atoms with E-state index in [1.165, 1.54) is 0 Å². The van der Waals surface area contributed by atoms with Gasteiger partial charge in [-0.3, -0.25) is 29.3 Å². The third-order valence-corrected chi connectivity index (χ3v) is 0. The van der Waals surface area contributed by atoms with Crippen molar-refractivity contribution in [3.8, 4) is 0 Å². The third-order valence-electron chi connectivity index (χ3n) is 0. The number of hydrogen-bond donors (Lipinski definition) is 0. The normalized spacial score (nSPS) is 3.38. The fourth-order valence-electron chi connectivity index (χ4n) is 0. The van der Waals surface area contributed by atoms with Gasteiger partial charge >= 0.3 is 617 Å². The summed E-state index contributed by atoms with van der Waals surface area (Å²) in [6.45, 7) is 0. The van der Waals surface area contributed by atoms with E-state index in [4.69, 9.17) is 60.3 Å². The molecule has 0 heterocycles. The van der Waals surface area contributed by atoms with Crippen LogP contribution in [0.4, 0.5) is 0 Å². The Kier molecular flexibility index (Phi) is 517. The molecule has 0 bridgehead atoms. The van der Waals surface area contributed by atoms with E-state index in [2.05, 4.69) is 0 Å². The molecule has 0 aliphatic carbocycles. The van der Waals surface area contributed by atoms with Gasteiger partial charge in [0, 0.05) is 0 Å². The summed E-state index contributed by atoms with van der Waals surface area (Å²) in [5, 5.41) is 101. The Balaban J connectivity index is -0.00000000286. The van der Waals surface area contributed by atoms with Crippen LogP contribution in [0, 0.1) is 0 Å². The van der Waals surface area contributed by atoms with Gasteiger partial charge in [0.15, 0.2) is 0 Å². The van der Waals surface area contributed by atoms with Crippen molar-refractivity contribution in [1.82, 2.24) is 0 Å². The molecule has 0 aliphatic heterocycles. The Labute approximate surface area is 700 Å². The third kappa shape index (κ3) is 309. The largest absolute Gasteiger partial charge is 1.00 e. The Morgan fingerprint density at radius 1 is 0.188 bits per heavy atom. The fraction of sp³-hybridized carbons (Fsp3) is 0. The molecular formula is H8B4K12O16. The Morgan fingerprint density at radius 2 is 0.188 bits per heavy atom. The summed E-state index contributed by atoms with van der Waals surface area (Å²) in [5.41, 5.74) is 0. The molecule has 0 saturated heterocycles. The molecule has 32 heteroatoms. The van der Waals surface area contributed by atoms with E-state index in [9.17, 15) is 0 Å². The minimum atomic E-state index is -2.92. The van der Waals surface area contributed by atoms with Crippen LogP contribution in [0.15, 0.2) is 0 Å². The summed E-state index contributed by atoms with van der Waals surface area (Å²) in [6, 6.07) is 0. The second-order valence-electron chi connectivity index (χ2n) is 1.15. The van der Waals surface area contributed by atoms with Gasteiger partial charge in [-0.15, -0.1) is 0 Å². The molecule has 0 rings (SSSR count). The van der Waals surface area contributed by atoms with Crippen molar-refractivity contribution < 1.29 is 699 Å². The summed E-state index contributed by atoms with van der Waals surface area (Å²) in [4.78, 5) is 0. The average Bonchev–Trinajstić information content (AvgIpc) is 1.76. The van der Waals surface area contributed by atoms with Crippen LogP contribution in [0.25, 0.3) is 0 Å². The predicted octanol–water partition coefficient (Wildman–Crippen LogP) is -55.0. The monoisotopic (exact) mass is 776 g/mol. The van der Waals surface area contributed by atoms with Crippen molar-refractivity contribution in [2.75, 3.05) is 0 Å². The maximum absolute atomic E-state index is 8.42. The van der Waals surface area contributed by atoms with Gasteiger partial charge < -0.3 is 82.2 Å². The second kappa shape index (κ2) is 125. The molecule has 0 radical (unpaired) electrons. The van der Waals surface area contributed by atoms with Crippen LogP contribution < -0.4 is 677 Å². The van der Waals surface area contributed by atoms with Gasteiger partial charge in [-0.05, 0) is 0 Å². The van der Waals surface area contributed by atoms with Crippen molar-refractivity contribution in [2.24, 2.45) is 0 Å². The summed E-state index contributed by atoms with van der Waals surface area (Å²) in [5.74, 6) is 0. The van der Waals surface area contributed by atoms with Gasteiger partial charge in [0.05, 0.1) is 0 Å². The van der Waals surface area contributed by atoms with Gasteiger partial charge in [0.25, 0.3) is 0 Å². The summed E-state index contributed by atoms with van der Waals surface area (Å²) >= 11 is 0. The van der Waals surface area contributed by atoms with E-state index in [0.717, 1.165) is 0 Å². The molecule has 8 N–H and O–H groups in total. The molecule has 0 fully saturated rings. The maximum Gasteiger partial charge on any atom is 1.00 e. The smallest absolute Gasteiger partial charge is 0.907 e. The summed E-state index contributed by atoms with van der Waals surface area (Å²) in [7, 11) is -11.7. The van der Waals surface area contributed by atoms with Crippen LogP contribution in [0.3, 0.4) is 0 Å². The topological polar surface area (TPSA) is 403 Å². The molecule has 0 aromatic carbocycles. The summed E-state index contributed by atoms with van der Waals surface area (Å²) in [6.07, 6.45) is 0. The Hall–Kier alpha value is 19.3. The van der Waals surface area contributed by atoms with Crippen LogP contribution in [0.5, 0.6) is 0 Å². The van der Waals surface area contributed by atoms with Gasteiger partial charge in [-0.1, -0.05) is 0 Å². The zero-order chi connectivity index (χ0) is 14.3. The minimum Gasteiger partial charge on any atom is -0.907 e. The molecule has 0 spiro atoms. The van der Waals surface area contributed by atoms with Gasteiger partial charge in [-0.25, -0.2) is 0 Å². The van der Waals surface area contributed by atoms with Crippen molar-refractivity contribution in [3.63, 3.8) is 0 Å². The predicted molar refractivity (Wildman–Crippen MR) is 37.5 cm³/mol. The van der Waals surface area contributed by atoms with Gasteiger partial charge in [-0.2, -0.15) is 0 Å². The first-order chi connectivity index (χ1) is 6.93. The first-order valence-electron chi connectivity index (χ1n) is 2.83. The van der Waals surface area contributed by atoms with Gasteiger partial charge in [0.2, 0.25) is 0 Å². The second-order valence-corrected chi connectivity index (χ2v) is 1.15. The molecule has 0 aromatic rings. The van der Waals surface area contributed by atoms with E-state index < -0.39 is 29.3 Å². The minimum absolute atomic E-state index is 0. The quantitative estimate of drug-likeness (QED) is 0.207. The average molecular weight is 776 g/mol. The van der Waals surface area contributed by atoms with Gasteiger partial charge in [0.1, 0.15) is 0 Å². The van der Waals surface area contributed by atoms with Crippen molar-refractivity contribution in [3.05, 3.63) is 0 Å². The molecule has 0 aliphatic rings. The van der Waals surface area contributed by atoms with Crippen LogP contribution in [0.1, 0.15) is 0 Å². The van der Waals surface area contributed by atoms with E-state index in [-0.39, 0.29) is 639 Å². The van der Waals surface area contributed by atoms with Crippen molar-refractivity contribution in [2.45, 2.75) is 0 Å². The molecular weight excluding hydrogens is 768 g/mol. The maximum atomic E-state index is 8.42. The zero-order valence-corrected chi connectivity index (χ0v) is 58.7. The van der Waals surface area contributed by atoms with E-state index in [1.807, 2.05) is 0 Å². The van der Waals surface area contributed by atoms with E-state index in [0.29, 0.717) is 0 Å². The molecule has 0 aromatic heterocycles. The Morgan fingerprint density at radius 3 is 0.188 bits per heavy atom. The first-order valence-corrected chi connectivity index (χ1v) is 2.83. The molecule has 32 heavy (non-hydrogen) atoms. The molecule has 128 valence electrons. The SMILES string of the molecule is O.O.O.O.[K+].[K+].[K+].[K+].[K+].[K+].[K+].[K+].[K+].[K+].[K+].[K+].[O-]B([O-])[O-].[O-]B([O-])[O-].[O-]B([O-])[O-].[O-]B([O-])[O-]. The van der Waals surface area contributed by atoms with E-state index >= 15 is 0 Å². The molecule has 0 atom stereocenters. The zero-order valence-electron chi connectivity index (χ0n) is 21.2. The van der Waals surface area contributed by atoms with Crippen LogP contribution >= 0.6 is 0 Å². The van der Waals surface area contributed by atoms with Crippen molar-refractivity contribution >= 4 is 29.3 Å². The number of hydrogen-bond acceptors (Lipinski definition) is 12. The molecule has 0 amide bonds. The molecule has 16 nitrogen and oxygen atoms in total. The van der Waals surface area contributed by atoms with Crippen molar-refractivity contribution in [1.29, 1.82) is 0 Å². The molecule has 0 unspecified atom stereocenters. The Bertz CT molecular complexity index is 88.0. The standard InChI is InChI=1S/4BO3.12K.4H2O/c4*2-1(3)4;;;;;;;;;;;;;;;;/h;;;;;;;;;;;;;;;;4*1H2/q4*-3;12*+1;;;;. The fourth-order valence-corrected chi connectivity index (χ4v) is 0. The van der Waals surface area contributed by atoms with Crippen LogP contribution in [-0.2, 0) is 0 Å². The molecule has 0 saturated carbocycles. The number of rotatable bonds is 0.